The standard InChI is InChI=1S/C18H19F2NO/c1-2-3-4-5-13-6-8-14(9-7-13)18(22)21-15-10-11-16(19)17(20)12-15/h6-12H,2-5H2,1H3,(H,21,22). The molecule has 2 aromatic rings. The topological polar surface area (TPSA) is 29.1 Å². The van der Waals surface area contributed by atoms with Crippen molar-refractivity contribution < 1.29 is 13.6 Å². The van der Waals surface area contributed by atoms with Gasteiger partial charge in [-0.25, -0.2) is 8.78 Å². The lowest BCUT2D eigenvalue weighted by Crippen LogP contribution is -2.12. The van der Waals surface area contributed by atoms with Crippen molar-refractivity contribution >= 4 is 11.6 Å². The van der Waals surface area contributed by atoms with Crippen LogP contribution in [-0.2, 0) is 6.42 Å². The number of halogens is 2. The van der Waals surface area contributed by atoms with Gasteiger partial charge in [0.2, 0.25) is 0 Å². The number of carbonyl (C=O) groups excluding carboxylic acids is 1. The summed E-state index contributed by atoms with van der Waals surface area (Å²) in [5.41, 5.74) is 1.91. The normalized spacial score (nSPS) is 10.5. The molecule has 0 aliphatic heterocycles. The summed E-state index contributed by atoms with van der Waals surface area (Å²) in [6.45, 7) is 2.16. The van der Waals surface area contributed by atoms with Crippen LogP contribution < -0.4 is 5.32 Å². The maximum absolute atomic E-state index is 13.1. The zero-order valence-corrected chi connectivity index (χ0v) is 12.5. The van der Waals surface area contributed by atoms with Crippen LogP contribution in [0.5, 0.6) is 0 Å². The SMILES string of the molecule is CCCCCc1ccc(C(=O)Nc2ccc(F)c(F)c2)cc1. The van der Waals surface area contributed by atoms with Crippen LogP contribution in [0.25, 0.3) is 0 Å². The highest BCUT2D eigenvalue weighted by atomic mass is 19.2. The third kappa shape index (κ3) is 4.38. The minimum atomic E-state index is -0.982. The van der Waals surface area contributed by atoms with E-state index in [0.717, 1.165) is 25.0 Å². The Bertz CT molecular complexity index is 638. The van der Waals surface area contributed by atoms with Crippen molar-refractivity contribution in [3.05, 3.63) is 65.2 Å². The van der Waals surface area contributed by atoms with E-state index >= 15 is 0 Å². The van der Waals surface area contributed by atoms with Crippen LogP contribution in [0.15, 0.2) is 42.5 Å². The number of hydrogen-bond acceptors (Lipinski definition) is 1. The van der Waals surface area contributed by atoms with E-state index in [4.69, 9.17) is 0 Å². The van der Waals surface area contributed by atoms with Crippen molar-refractivity contribution in [1.82, 2.24) is 0 Å². The van der Waals surface area contributed by atoms with Gasteiger partial charge >= 0.3 is 0 Å². The van der Waals surface area contributed by atoms with Gasteiger partial charge in [-0.1, -0.05) is 31.9 Å². The first-order chi connectivity index (χ1) is 10.6. The molecule has 0 saturated heterocycles. The lowest BCUT2D eigenvalue weighted by atomic mass is 10.1. The molecular weight excluding hydrogens is 284 g/mol. The van der Waals surface area contributed by atoms with E-state index in [1.807, 2.05) is 12.1 Å². The first kappa shape index (κ1) is 16.1. The van der Waals surface area contributed by atoms with E-state index < -0.39 is 11.6 Å². The number of aryl methyl sites for hydroxylation is 1. The van der Waals surface area contributed by atoms with Crippen molar-refractivity contribution in [2.75, 3.05) is 5.32 Å². The quantitative estimate of drug-likeness (QED) is 0.752. The van der Waals surface area contributed by atoms with Gasteiger partial charge in [0.1, 0.15) is 0 Å². The predicted molar refractivity (Wildman–Crippen MR) is 84.0 cm³/mol. The van der Waals surface area contributed by atoms with Gasteiger partial charge in [0.05, 0.1) is 0 Å². The van der Waals surface area contributed by atoms with Gasteiger partial charge < -0.3 is 5.32 Å². The van der Waals surface area contributed by atoms with Crippen LogP contribution in [0.2, 0.25) is 0 Å². The Morgan fingerprint density at radius 2 is 1.73 bits per heavy atom. The maximum atomic E-state index is 13.1. The van der Waals surface area contributed by atoms with Crippen molar-refractivity contribution in [2.24, 2.45) is 0 Å². The Labute approximate surface area is 129 Å². The smallest absolute Gasteiger partial charge is 0.255 e. The Kier molecular flexibility index (Phi) is 5.64. The van der Waals surface area contributed by atoms with Gasteiger partial charge in [-0.05, 0) is 42.7 Å². The molecule has 2 rings (SSSR count). The van der Waals surface area contributed by atoms with Crippen LogP contribution in [0.1, 0.15) is 42.1 Å². The molecule has 0 spiro atoms. The molecule has 4 heteroatoms. The lowest BCUT2D eigenvalue weighted by Gasteiger charge is -2.07. The molecule has 2 aromatic carbocycles. The second-order valence-corrected chi connectivity index (χ2v) is 5.24. The fourth-order valence-electron chi connectivity index (χ4n) is 2.18. The number of unbranched alkanes of at least 4 members (excludes halogenated alkanes) is 2. The van der Waals surface area contributed by atoms with E-state index in [1.54, 1.807) is 12.1 Å². The molecule has 2 nitrogen and oxygen atoms in total. The highest BCUT2D eigenvalue weighted by molar-refractivity contribution is 6.04. The van der Waals surface area contributed by atoms with E-state index in [-0.39, 0.29) is 11.6 Å². The number of rotatable bonds is 6. The molecule has 1 N–H and O–H groups in total. The second-order valence-electron chi connectivity index (χ2n) is 5.24. The summed E-state index contributed by atoms with van der Waals surface area (Å²) in [5, 5.41) is 2.55. The first-order valence-corrected chi connectivity index (χ1v) is 7.45. The van der Waals surface area contributed by atoms with Crippen LogP contribution in [0, 0.1) is 11.6 Å². The van der Waals surface area contributed by atoms with E-state index in [2.05, 4.69) is 12.2 Å². The van der Waals surface area contributed by atoms with Gasteiger partial charge in [-0.2, -0.15) is 0 Å². The molecule has 0 radical (unpaired) electrons. The molecule has 1 amide bonds. The second kappa shape index (κ2) is 7.69. The molecule has 0 heterocycles. The van der Waals surface area contributed by atoms with Crippen LogP contribution in [0.3, 0.4) is 0 Å². The highest BCUT2D eigenvalue weighted by Crippen LogP contribution is 2.15. The van der Waals surface area contributed by atoms with Crippen LogP contribution >= 0.6 is 0 Å². The Morgan fingerprint density at radius 3 is 2.36 bits per heavy atom. The number of hydrogen-bond donors (Lipinski definition) is 1. The fraction of sp³-hybridized carbons (Fsp3) is 0.278. The third-order valence-electron chi connectivity index (χ3n) is 3.46. The molecule has 0 atom stereocenters. The van der Waals surface area contributed by atoms with E-state index in [1.165, 1.54) is 24.5 Å². The van der Waals surface area contributed by atoms with Gasteiger partial charge in [0, 0.05) is 17.3 Å². The average molecular weight is 303 g/mol. The van der Waals surface area contributed by atoms with E-state index in [9.17, 15) is 13.6 Å². The minimum Gasteiger partial charge on any atom is -0.322 e. The molecular formula is C18H19F2NO. The fourth-order valence-corrected chi connectivity index (χ4v) is 2.18. The average Bonchev–Trinajstić information content (AvgIpc) is 2.52. The predicted octanol–water partition coefficient (Wildman–Crippen LogP) is 4.95. The van der Waals surface area contributed by atoms with Crippen LogP contribution in [0.4, 0.5) is 14.5 Å². The summed E-state index contributed by atoms with van der Waals surface area (Å²) in [6, 6.07) is 10.6. The maximum Gasteiger partial charge on any atom is 0.255 e. The Morgan fingerprint density at radius 1 is 1.00 bits per heavy atom. The van der Waals surface area contributed by atoms with Crippen molar-refractivity contribution in [3.63, 3.8) is 0 Å². The number of amides is 1. The molecule has 22 heavy (non-hydrogen) atoms. The van der Waals surface area contributed by atoms with Gasteiger partial charge in [-0.15, -0.1) is 0 Å². The molecule has 0 unspecified atom stereocenters. The number of benzene rings is 2. The summed E-state index contributed by atoms with van der Waals surface area (Å²) in [5.74, 6) is -2.26. The Hall–Kier alpha value is -2.23. The molecule has 0 fully saturated rings. The van der Waals surface area contributed by atoms with Crippen LogP contribution in [-0.4, -0.2) is 5.91 Å². The monoisotopic (exact) mass is 303 g/mol. The number of nitrogens with one attached hydrogen (secondary N) is 1. The third-order valence-corrected chi connectivity index (χ3v) is 3.46. The summed E-state index contributed by atoms with van der Waals surface area (Å²) < 4.78 is 25.9. The summed E-state index contributed by atoms with van der Waals surface area (Å²) in [4.78, 5) is 12.1. The zero-order chi connectivity index (χ0) is 15.9. The van der Waals surface area contributed by atoms with Gasteiger partial charge in [-0.3, -0.25) is 4.79 Å². The Balaban J connectivity index is 1.98. The first-order valence-electron chi connectivity index (χ1n) is 7.45. The zero-order valence-electron chi connectivity index (χ0n) is 12.5. The summed E-state index contributed by atoms with van der Waals surface area (Å²) >= 11 is 0. The van der Waals surface area contributed by atoms with Crippen molar-refractivity contribution in [3.8, 4) is 0 Å². The minimum absolute atomic E-state index is 0.232. The summed E-state index contributed by atoms with van der Waals surface area (Å²) in [6.07, 6.45) is 4.50. The van der Waals surface area contributed by atoms with Crippen molar-refractivity contribution in [1.29, 1.82) is 0 Å². The van der Waals surface area contributed by atoms with Gasteiger partial charge in [0.25, 0.3) is 5.91 Å². The summed E-state index contributed by atoms with van der Waals surface area (Å²) in [7, 11) is 0. The molecule has 0 saturated carbocycles. The van der Waals surface area contributed by atoms with E-state index in [0.29, 0.717) is 5.56 Å². The lowest BCUT2D eigenvalue weighted by molar-refractivity contribution is 0.102. The molecule has 0 bridgehead atoms. The molecule has 116 valence electrons. The molecule has 0 aliphatic carbocycles. The molecule has 0 aromatic heterocycles. The highest BCUT2D eigenvalue weighted by Gasteiger charge is 2.08. The number of anilines is 1. The van der Waals surface area contributed by atoms with Gasteiger partial charge in [0.15, 0.2) is 11.6 Å². The largest absolute Gasteiger partial charge is 0.322 e. The number of carbonyl (C=O) groups is 1. The molecule has 0 aliphatic rings. The van der Waals surface area contributed by atoms with Crippen molar-refractivity contribution in [2.45, 2.75) is 32.6 Å².